The van der Waals surface area contributed by atoms with Gasteiger partial charge in [-0.2, -0.15) is 0 Å². The second-order valence-electron chi connectivity index (χ2n) is 6.72. The zero-order valence-electron chi connectivity index (χ0n) is 14.3. The van der Waals surface area contributed by atoms with Crippen LogP contribution >= 0.6 is 11.6 Å². The van der Waals surface area contributed by atoms with Crippen molar-refractivity contribution in [3.05, 3.63) is 23.2 Å². The number of carbonyl (C=O) groups excluding carboxylic acids is 2. The number of benzene rings is 1. The molecule has 0 atom stereocenters. The number of amides is 2. The molecular weight excluding hydrogens is 330 g/mol. The van der Waals surface area contributed by atoms with E-state index in [1.165, 1.54) is 0 Å². The Kier molecular flexibility index (Phi) is 6.07. The summed E-state index contributed by atoms with van der Waals surface area (Å²) >= 11 is 6.33. The van der Waals surface area contributed by atoms with Crippen LogP contribution in [0.5, 0.6) is 0 Å². The van der Waals surface area contributed by atoms with Crippen molar-refractivity contribution in [1.29, 1.82) is 0 Å². The summed E-state index contributed by atoms with van der Waals surface area (Å²) in [4.78, 5) is 26.1. The number of halogens is 1. The molecule has 1 saturated heterocycles. The van der Waals surface area contributed by atoms with Crippen LogP contribution in [0.2, 0.25) is 5.02 Å². The summed E-state index contributed by atoms with van der Waals surface area (Å²) in [7, 11) is 0. The highest BCUT2D eigenvalue weighted by Crippen LogP contribution is 2.34. The molecule has 0 radical (unpaired) electrons. The number of nitrogens with zero attached hydrogens (tertiary/aromatic N) is 1. The van der Waals surface area contributed by atoms with E-state index in [0.29, 0.717) is 37.0 Å². The lowest BCUT2D eigenvalue weighted by atomic mass is 9.96. The number of morpholine rings is 1. The number of carbonyl (C=O) groups is 2. The molecule has 7 heteroatoms. The molecule has 0 aliphatic carbocycles. The maximum Gasteiger partial charge on any atom is 0.243 e. The van der Waals surface area contributed by atoms with Crippen molar-refractivity contribution in [2.45, 2.75) is 20.8 Å². The summed E-state index contributed by atoms with van der Waals surface area (Å²) in [5.41, 5.74) is 0.896. The normalized spacial score (nSPS) is 15.1. The molecule has 0 bridgehead atoms. The van der Waals surface area contributed by atoms with Crippen LogP contribution in [0, 0.1) is 5.41 Å². The van der Waals surface area contributed by atoms with E-state index in [4.69, 9.17) is 16.3 Å². The first kappa shape index (κ1) is 18.5. The molecule has 6 nitrogen and oxygen atoms in total. The standard InChI is InChI=1S/C17H24ClN3O3/c1-17(2,3)16(23)19-11-14(22)20-13-6-4-5-12(18)15(13)21-7-9-24-10-8-21/h4-6H,7-11H2,1-3H3,(H,19,23)(H,20,22). The van der Waals surface area contributed by atoms with Crippen LogP contribution < -0.4 is 15.5 Å². The van der Waals surface area contributed by atoms with Gasteiger partial charge in [-0.3, -0.25) is 9.59 Å². The van der Waals surface area contributed by atoms with Crippen molar-refractivity contribution >= 4 is 34.8 Å². The number of nitrogens with one attached hydrogen (secondary N) is 2. The van der Waals surface area contributed by atoms with Gasteiger partial charge in [0.05, 0.1) is 36.2 Å². The van der Waals surface area contributed by atoms with Crippen molar-refractivity contribution in [3.63, 3.8) is 0 Å². The van der Waals surface area contributed by atoms with E-state index in [9.17, 15) is 9.59 Å². The fourth-order valence-electron chi connectivity index (χ4n) is 2.34. The molecule has 0 aromatic heterocycles. The Morgan fingerprint density at radius 2 is 1.92 bits per heavy atom. The van der Waals surface area contributed by atoms with E-state index in [1.807, 2.05) is 0 Å². The summed E-state index contributed by atoms with van der Waals surface area (Å²) in [6.07, 6.45) is 0. The van der Waals surface area contributed by atoms with E-state index in [-0.39, 0.29) is 18.4 Å². The van der Waals surface area contributed by atoms with Gasteiger partial charge in [-0.05, 0) is 12.1 Å². The minimum absolute atomic E-state index is 0.0782. The summed E-state index contributed by atoms with van der Waals surface area (Å²) in [6.45, 7) is 8.00. The predicted molar refractivity (Wildman–Crippen MR) is 95.6 cm³/mol. The molecule has 0 saturated carbocycles. The molecule has 1 heterocycles. The molecule has 0 unspecified atom stereocenters. The zero-order valence-corrected chi connectivity index (χ0v) is 15.1. The van der Waals surface area contributed by atoms with E-state index >= 15 is 0 Å². The third-order valence-electron chi connectivity index (χ3n) is 3.68. The summed E-state index contributed by atoms with van der Waals surface area (Å²) in [5.74, 6) is -0.457. The maximum absolute atomic E-state index is 12.2. The molecule has 0 spiro atoms. The van der Waals surface area contributed by atoms with Crippen LogP contribution in [0.3, 0.4) is 0 Å². The van der Waals surface area contributed by atoms with Crippen LogP contribution in [-0.2, 0) is 14.3 Å². The van der Waals surface area contributed by atoms with E-state index < -0.39 is 5.41 Å². The van der Waals surface area contributed by atoms with Gasteiger partial charge >= 0.3 is 0 Å². The average molecular weight is 354 g/mol. The molecule has 2 rings (SSSR count). The van der Waals surface area contributed by atoms with Crippen LogP contribution in [0.1, 0.15) is 20.8 Å². The Hall–Kier alpha value is -1.79. The summed E-state index contributed by atoms with van der Waals surface area (Å²) < 4.78 is 5.36. The third-order valence-corrected chi connectivity index (χ3v) is 3.98. The first-order valence-electron chi connectivity index (χ1n) is 7.98. The van der Waals surface area contributed by atoms with Crippen molar-refractivity contribution in [2.24, 2.45) is 5.41 Å². The van der Waals surface area contributed by atoms with Crippen LogP contribution in [0.4, 0.5) is 11.4 Å². The number of para-hydroxylation sites is 1. The quantitative estimate of drug-likeness (QED) is 0.871. The van der Waals surface area contributed by atoms with Gasteiger partial charge in [-0.15, -0.1) is 0 Å². The van der Waals surface area contributed by atoms with Crippen molar-refractivity contribution in [3.8, 4) is 0 Å². The van der Waals surface area contributed by atoms with Gasteiger partial charge in [0.15, 0.2) is 0 Å². The second-order valence-corrected chi connectivity index (χ2v) is 7.12. The van der Waals surface area contributed by atoms with E-state index in [0.717, 1.165) is 5.69 Å². The molecule has 1 aliphatic rings. The van der Waals surface area contributed by atoms with E-state index in [2.05, 4.69) is 15.5 Å². The Balaban J connectivity index is 2.05. The summed E-state index contributed by atoms with van der Waals surface area (Å²) in [5, 5.41) is 6.05. The lowest BCUT2D eigenvalue weighted by Crippen LogP contribution is -2.40. The molecular formula is C17H24ClN3O3. The Morgan fingerprint density at radius 1 is 1.25 bits per heavy atom. The number of ether oxygens (including phenoxy) is 1. The SMILES string of the molecule is CC(C)(C)C(=O)NCC(=O)Nc1cccc(Cl)c1N1CCOCC1. The molecule has 1 aliphatic heterocycles. The predicted octanol–water partition coefficient (Wildman–Crippen LogP) is 2.28. The molecule has 2 amide bonds. The first-order chi connectivity index (χ1) is 11.3. The zero-order chi connectivity index (χ0) is 17.7. The van der Waals surface area contributed by atoms with Gasteiger partial charge in [-0.25, -0.2) is 0 Å². The largest absolute Gasteiger partial charge is 0.378 e. The lowest BCUT2D eigenvalue weighted by molar-refractivity contribution is -0.130. The summed E-state index contributed by atoms with van der Waals surface area (Å²) in [6, 6.07) is 5.39. The van der Waals surface area contributed by atoms with Crippen molar-refractivity contribution in [2.75, 3.05) is 43.1 Å². The van der Waals surface area contributed by atoms with Crippen LogP contribution in [0.25, 0.3) is 0 Å². The molecule has 24 heavy (non-hydrogen) atoms. The molecule has 1 aromatic rings. The Bertz CT molecular complexity index is 608. The third kappa shape index (κ3) is 4.85. The van der Waals surface area contributed by atoms with Gasteiger partial charge in [0, 0.05) is 18.5 Å². The minimum atomic E-state index is -0.532. The fourth-order valence-corrected chi connectivity index (χ4v) is 2.64. The monoisotopic (exact) mass is 353 g/mol. The molecule has 2 N–H and O–H groups in total. The number of rotatable bonds is 4. The van der Waals surface area contributed by atoms with Crippen LogP contribution in [-0.4, -0.2) is 44.7 Å². The second kappa shape index (κ2) is 7.85. The van der Waals surface area contributed by atoms with Crippen molar-refractivity contribution < 1.29 is 14.3 Å². The topological polar surface area (TPSA) is 70.7 Å². The fraction of sp³-hybridized carbons (Fsp3) is 0.529. The highest BCUT2D eigenvalue weighted by molar-refractivity contribution is 6.34. The maximum atomic E-state index is 12.2. The van der Waals surface area contributed by atoms with Gasteiger partial charge in [0.25, 0.3) is 0 Å². The van der Waals surface area contributed by atoms with Gasteiger partial charge < -0.3 is 20.3 Å². The Morgan fingerprint density at radius 3 is 2.54 bits per heavy atom. The first-order valence-corrected chi connectivity index (χ1v) is 8.36. The molecule has 1 aromatic carbocycles. The van der Waals surface area contributed by atoms with Gasteiger partial charge in [-0.1, -0.05) is 38.4 Å². The molecule has 1 fully saturated rings. The van der Waals surface area contributed by atoms with Crippen LogP contribution in [0.15, 0.2) is 18.2 Å². The van der Waals surface area contributed by atoms with Gasteiger partial charge in [0.2, 0.25) is 11.8 Å². The smallest absolute Gasteiger partial charge is 0.243 e. The number of hydrogen-bond acceptors (Lipinski definition) is 4. The average Bonchev–Trinajstić information content (AvgIpc) is 2.52. The number of anilines is 2. The minimum Gasteiger partial charge on any atom is -0.378 e. The van der Waals surface area contributed by atoms with E-state index in [1.54, 1.807) is 39.0 Å². The molecule has 132 valence electrons. The van der Waals surface area contributed by atoms with Crippen molar-refractivity contribution in [1.82, 2.24) is 5.32 Å². The van der Waals surface area contributed by atoms with Gasteiger partial charge in [0.1, 0.15) is 0 Å². The highest BCUT2D eigenvalue weighted by atomic mass is 35.5. The lowest BCUT2D eigenvalue weighted by Gasteiger charge is -2.31. The Labute approximate surface area is 147 Å². The highest BCUT2D eigenvalue weighted by Gasteiger charge is 2.22. The number of hydrogen-bond donors (Lipinski definition) is 2.